The molecule has 5 nitrogen and oxygen atoms in total. The van der Waals surface area contributed by atoms with Gasteiger partial charge in [-0.15, -0.1) is 0 Å². The fraction of sp³-hybridized carbons (Fsp3) is 0.118. The molecule has 2 heterocycles. The zero-order valence-electron chi connectivity index (χ0n) is 12.8. The van der Waals surface area contributed by atoms with Gasteiger partial charge in [-0.2, -0.15) is 4.98 Å². The van der Waals surface area contributed by atoms with Crippen molar-refractivity contribution in [3.05, 3.63) is 63.3 Å². The zero-order valence-corrected chi connectivity index (χ0v) is 13.6. The minimum absolute atomic E-state index is 0.238. The molecular formula is C17H16N3O2S+. The number of benzene rings is 1. The van der Waals surface area contributed by atoms with Crippen molar-refractivity contribution in [2.45, 2.75) is 0 Å². The van der Waals surface area contributed by atoms with Crippen LogP contribution in [-0.4, -0.2) is 25.4 Å². The minimum Gasteiger partial charge on any atom is -0.378 e. The van der Waals surface area contributed by atoms with Crippen LogP contribution in [0.3, 0.4) is 0 Å². The van der Waals surface area contributed by atoms with Gasteiger partial charge in [0.15, 0.2) is 11.2 Å². The van der Waals surface area contributed by atoms with Crippen LogP contribution in [0, 0.1) is 0 Å². The number of hydrogen-bond donors (Lipinski definition) is 1. The van der Waals surface area contributed by atoms with E-state index in [1.165, 1.54) is 0 Å². The normalized spacial score (nSPS) is 10.5. The zero-order chi connectivity index (χ0) is 16.4. The SMILES string of the molecule is CN(C)c1ccc(-c2cc[n+](-c3[nH]c(=O)sc3C=O)cc2)cc1. The number of anilines is 1. The Balaban J connectivity index is 1.92. The number of aromatic amines is 1. The van der Waals surface area contributed by atoms with Crippen LogP contribution in [0.15, 0.2) is 53.6 Å². The Morgan fingerprint density at radius 2 is 1.65 bits per heavy atom. The Hall–Kier alpha value is -2.73. The van der Waals surface area contributed by atoms with Crippen molar-refractivity contribution >= 4 is 23.3 Å². The Labute approximate surface area is 137 Å². The van der Waals surface area contributed by atoms with Gasteiger partial charge in [-0.05, 0) is 46.7 Å². The number of rotatable bonds is 4. The molecule has 0 spiro atoms. The molecule has 3 rings (SSSR count). The van der Waals surface area contributed by atoms with Crippen molar-refractivity contribution in [3.63, 3.8) is 0 Å². The first-order valence-electron chi connectivity index (χ1n) is 7.06. The van der Waals surface area contributed by atoms with E-state index in [4.69, 9.17) is 0 Å². The lowest BCUT2D eigenvalue weighted by atomic mass is 10.1. The van der Waals surface area contributed by atoms with E-state index >= 15 is 0 Å². The van der Waals surface area contributed by atoms with E-state index in [9.17, 15) is 9.59 Å². The van der Waals surface area contributed by atoms with Crippen LogP contribution in [0.5, 0.6) is 0 Å². The van der Waals surface area contributed by atoms with Gasteiger partial charge >= 0.3 is 10.7 Å². The maximum atomic E-state index is 11.4. The fourth-order valence-corrected chi connectivity index (χ4v) is 2.97. The maximum Gasteiger partial charge on any atom is 0.390 e. The van der Waals surface area contributed by atoms with Crippen LogP contribution < -0.4 is 14.3 Å². The summed E-state index contributed by atoms with van der Waals surface area (Å²) in [6.07, 6.45) is 4.36. The standard InChI is InChI=1S/C17H15N3O2S/c1-19(2)14-5-3-12(4-6-14)13-7-9-20(10-8-13)16-15(11-21)23-17(22)18-16/h3-11H,1-2H3/p+1. The van der Waals surface area contributed by atoms with Crippen molar-refractivity contribution in [1.82, 2.24) is 4.98 Å². The summed E-state index contributed by atoms with van der Waals surface area (Å²) in [5.41, 5.74) is 3.32. The number of aromatic nitrogens is 2. The molecule has 0 atom stereocenters. The molecule has 0 aliphatic carbocycles. The number of thiazole rings is 1. The number of nitrogens with zero attached hydrogens (tertiary/aromatic N) is 2. The van der Waals surface area contributed by atoms with Crippen molar-refractivity contribution < 1.29 is 9.36 Å². The van der Waals surface area contributed by atoms with Gasteiger partial charge in [0.05, 0.1) is 12.4 Å². The summed E-state index contributed by atoms with van der Waals surface area (Å²) in [6, 6.07) is 12.2. The van der Waals surface area contributed by atoms with Crippen LogP contribution in [0.2, 0.25) is 0 Å². The summed E-state index contributed by atoms with van der Waals surface area (Å²) >= 11 is 0.909. The summed E-state index contributed by atoms with van der Waals surface area (Å²) in [5, 5.41) is 0. The van der Waals surface area contributed by atoms with Crippen LogP contribution >= 0.6 is 11.3 Å². The second kappa shape index (κ2) is 6.18. The second-order valence-corrected chi connectivity index (χ2v) is 6.30. The summed E-state index contributed by atoms with van der Waals surface area (Å²) in [5.74, 6) is 0.504. The highest BCUT2D eigenvalue weighted by molar-refractivity contribution is 7.11. The third kappa shape index (κ3) is 3.07. The Bertz CT molecular complexity index is 877. The van der Waals surface area contributed by atoms with E-state index in [2.05, 4.69) is 34.1 Å². The molecule has 0 aliphatic rings. The number of H-pyrrole nitrogens is 1. The van der Waals surface area contributed by atoms with Gasteiger partial charge in [-0.3, -0.25) is 4.79 Å². The third-order valence-corrected chi connectivity index (χ3v) is 4.37. The van der Waals surface area contributed by atoms with Crippen LogP contribution in [0.4, 0.5) is 5.69 Å². The minimum atomic E-state index is -0.238. The molecule has 3 aromatic rings. The van der Waals surface area contributed by atoms with Gasteiger partial charge in [0.2, 0.25) is 0 Å². The molecule has 2 aromatic heterocycles. The van der Waals surface area contributed by atoms with Crippen LogP contribution in [0.1, 0.15) is 9.67 Å². The molecule has 0 saturated carbocycles. The molecule has 0 radical (unpaired) electrons. The highest BCUT2D eigenvalue weighted by atomic mass is 32.1. The fourth-order valence-electron chi connectivity index (χ4n) is 2.32. The quantitative estimate of drug-likeness (QED) is 0.591. The van der Waals surface area contributed by atoms with E-state index in [1.54, 1.807) is 4.57 Å². The first-order valence-corrected chi connectivity index (χ1v) is 7.88. The van der Waals surface area contributed by atoms with Crippen LogP contribution in [-0.2, 0) is 0 Å². The van der Waals surface area contributed by atoms with Gasteiger partial charge in [-0.1, -0.05) is 12.1 Å². The smallest absolute Gasteiger partial charge is 0.378 e. The van der Waals surface area contributed by atoms with E-state index in [-0.39, 0.29) is 4.87 Å². The summed E-state index contributed by atoms with van der Waals surface area (Å²) in [6.45, 7) is 0. The predicted molar refractivity (Wildman–Crippen MR) is 91.6 cm³/mol. The summed E-state index contributed by atoms with van der Waals surface area (Å²) < 4.78 is 1.74. The predicted octanol–water partition coefficient (Wildman–Crippen LogP) is 2.26. The summed E-state index contributed by atoms with van der Waals surface area (Å²) in [4.78, 5) is 27.3. The third-order valence-electron chi connectivity index (χ3n) is 3.57. The van der Waals surface area contributed by atoms with Crippen molar-refractivity contribution in [2.24, 2.45) is 0 Å². The number of aldehydes is 1. The van der Waals surface area contributed by atoms with Crippen molar-refractivity contribution in [2.75, 3.05) is 19.0 Å². The molecule has 116 valence electrons. The Morgan fingerprint density at radius 3 is 2.22 bits per heavy atom. The lowest BCUT2D eigenvalue weighted by molar-refractivity contribution is -0.599. The average molecular weight is 326 g/mol. The van der Waals surface area contributed by atoms with Crippen molar-refractivity contribution in [1.29, 1.82) is 0 Å². The number of carbonyl (C=O) groups is 1. The van der Waals surface area contributed by atoms with E-state index in [0.717, 1.165) is 28.2 Å². The molecular weight excluding hydrogens is 310 g/mol. The van der Waals surface area contributed by atoms with Crippen molar-refractivity contribution in [3.8, 4) is 16.9 Å². The Morgan fingerprint density at radius 1 is 1.04 bits per heavy atom. The highest BCUT2D eigenvalue weighted by Crippen LogP contribution is 2.21. The highest BCUT2D eigenvalue weighted by Gasteiger charge is 2.16. The molecule has 0 bridgehead atoms. The molecule has 0 unspecified atom stereocenters. The topological polar surface area (TPSA) is 57.1 Å². The molecule has 0 fully saturated rings. The van der Waals surface area contributed by atoms with Crippen LogP contribution in [0.25, 0.3) is 16.9 Å². The van der Waals surface area contributed by atoms with Gasteiger partial charge in [-0.25, -0.2) is 9.36 Å². The first kappa shape index (κ1) is 15.2. The number of nitrogens with one attached hydrogen (secondary N) is 1. The van der Waals surface area contributed by atoms with Gasteiger partial charge in [0.1, 0.15) is 0 Å². The second-order valence-electron chi connectivity index (χ2n) is 5.28. The maximum absolute atomic E-state index is 11.4. The number of hydrogen-bond acceptors (Lipinski definition) is 4. The molecule has 6 heteroatoms. The molecule has 1 aromatic carbocycles. The molecule has 23 heavy (non-hydrogen) atoms. The summed E-state index contributed by atoms with van der Waals surface area (Å²) in [7, 11) is 4.01. The number of carbonyl (C=O) groups excluding carboxylic acids is 1. The van der Waals surface area contributed by atoms with E-state index in [1.807, 2.05) is 38.6 Å². The lowest BCUT2D eigenvalue weighted by Gasteiger charge is -2.12. The lowest BCUT2D eigenvalue weighted by Crippen LogP contribution is -2.31. The monoisotopic (exact) mass is 326 g/mol. The molecule has 0 saturated heterocycles. The Kier molecular flexibility index (Phi) is 4.08. The van der Waals surface area contributed by atoms with E-state index in [0.29, 0.717) is 17.0 Å². The first-order chi connectivity index (χ1) is 11.1. The van der Waals surface area contributed by atoms with Gasteiger partial charge in [0, 0.05) is 19.8 Å². The average Bonchev–Trinajstić information content (AvgIpc) is 2.96. The molecule has 1 N–H and O–H groups in total. The molecule has 0 aliphatic heterocycles. The largest absolute Gasteiger partial charge is 0.390 e. The van der Waals surface area contributed by atoms with Gasteiger partial charge < -0.3 is 4.90 Å². The van der Waals surface area contributed by atoms with E-state index < -0.39 is 0 Å². The molecule has 0 amide bonds. The number of pyridine rings is 1. The van der Waals surface area contributed by atoms with Gasteiger partial charge in [0.25, 0.3) is 0 Å².